The Morgan fingerprint density at radius 3 is 2.59 bits per heavy atom. The van der Waals surface area contributed by atoms with Crippen molar-refractivity contribution in [3.63, 3.8) is 0 Å². The lowest BCUT2D eigenvalue weighted by atomic mass is 9.67. The van der Waals surface area contributed by atoms with Crippen molar-refractivity contribution in [2.75, 3.05) is 4.90 Å². The molecule has 0 aliphatic carbocycles. The Balaban J connectivity index is 1.69. The summed E-state index contributed by atoms with van der Waals surface area (Å²) < 4.78 is 6.00. The number of rotatable bonds is 1. The van der Waals surface area contributed by atoms with E-state index in [4.69, 9.17) is 4.74 Å². The zero-order valence-corrected chi connectivity index (χ0v) is 14.8. The molecule has 1 aromatic carbocycles. The molecule has 2 amide bonds. The van der Waals surface area contributed by atoms with Crippen molar-refractivity contribution >= 4 is 28.3 Å². The van der Waals surface area contributed by atoms with Crippen molar-refractivity contribution in [3.8, 4) is 6.07 Å². The number of fused-ring (bicyclic) bond motifs is 6. The summed E-state index contributed by atoms with van der Waals surface area (Å²) in [7, 11) is 0. The number of pyridine rings is 1. The summed E-state index contributed by atoms with van der Waals surface area (Å²) in [6.45, 7) is 3.49. The van der Waals surface area contributed by atoms with Crippen LogP contribution in [0.5, 0.6) is 0 Å². The van der Waals surface area contributed by atoms with Gasteiger partial charge in [0.05, 0.1) is 35.4 Å². The summed E-state index contributed by atoms with van der Waals surface area (Å²) in [5, 5.41) is 20.9. The van der Waals surface area contributed by atoms with Crippen LogP contribution in [0.15, 0.2) is 30.5 Å². The van der Waals surface area contributed by atoms with Gasteiger partial charge in [-0.25, -0.2) is 9.88 Å². The molecule has 5 rings (SSSR count). The molecule has 3 saturated heterocycles. The lowest BCUT2D eigenvalue weighted by molar-refractivity contribution is -0.132. The molecule has 2 bridgehead atoms. The molecule has 1 N–H and O–H groups in total. The number of aliphatic hydroxyl groups excluding tert-OH is 1. The van der Waals surface area contributed by atoms with Crippen molar-refractivity contribution in [3.05, 3.63) is 36.2 Å². The number of anilines is 1. The van der Waals surface area contributed by atoms with Crippen molar-refractivity contribution in [1.82, 2.24) is 4.98 Å². The standard InChI is InChI=1S/C20H17N3O4/c1-19-7-14(24)20(2,27-19)16-15(19)17(25)23(18(16)26)13-9-22-12(8-21)10-5-3-4-6-11(10)13/h3-6,9,14-16,24H,7H2,1-2H3/t14-,15+,16-,19?,20?/m1/s1. The number of carbonyl (C=O) groups is 2. The Bertz CT molecular complexity index is 1080. The molecule has 4 heterocycles. The first kappa shape index (κ1) is 16.4. The monoisotopic (exact) mass is 363 g/mol. The Morgan fingerprint density at radius 1 is 1.22 bits per heavy atom. The number of hydrogen-bond donors (Lipinski definition) is 1. The number of imide groups is 1. The molecule has 3 aliphatic heterocycles. The van der Waals surface area contributed by atoms with Gasteiger partial charge in [-0.15, -0.1) is 0 Å². The zero-order valence-electron chi connectivity index (χ0n) is 14.8. The van der Waals surface area contributed by atoms with E-state index in [2.05, 4.69) is 4.98 Å². The molecule has 136 valence electrons. The van der Waals surface area contributed by atoms with Crippen LogP contribution in [-0.4, -0.2) is 39.2 Å². The minimum absolute atomic E-state index is 0.242. The van der Waals surface area contributed by atoms with E-state index in [0.717, 1.165) is 0 Å². The van der Waals surface area contributed by atoms with Gasteiger partial charge in [-0.3, -0.25) is 9.59 Å². The summed E-state index contributed by atoms with van der Waals surface area (Å²) >= 11 is 0. The molecule has 3 aliphatic rings. The Kier molecular flexibility index (Phi) is 2.98. The number of nitrogens with zero attached hydrogens (tertiary/aromatic N) is 3. The second-order valence-electron chi connectivity index (χ2n) is 7.94. The van der Waals surface area contributed by atoms with Crippen LogP contribution in [0.4, 0.5) is 5.69 Å². The smallest absolute Gasteiger partial charge is 0.240 e. The van der Waals surface area contributed by atoms with Crippen LogP contribution in [0.3, 0.4) is 0 Å². The minimum Gasteiger partial charge on any atom is -0.390 e. The third-order valence-corrected chi connectivity index (χ3v) is 6.42. The van der Waals surface area contributed by atoms with Gasteiger partial charge in [-0.05, 0) is 13.8 Å². The summed E-state index contributed by atoms with van der Waals surface area (Å²) in [5.74, 6) is -2.08. The summed E-state index contributed by atoms with van der Waals surface area (Å²) in [6.07, 6.45) is 0.933. The molecular formula is C20H17N3O4. The van der Waals surface area contributed by atoms with Crippen molar-refractivity contribution in [1.29, 1.82) is 5.26 Å². The minimum atomic E-state index is -1.07. The van der Waals surface area contributed by atoms with Crippen molar-refractivity contribution < 1.29 is 19.4 Å². The summed E-state index contributed by atoms with van der Waals surface area (Å²) in [6, 6.07) is 9.13. The topological polar surface area (TPSA) is 104 Å². The van der Waals surface area contributed by atoms with Gasteiger partial charge >= 0.3 is 0 Å². The number of hydrogen-bond acceptors (Lipinski definition) is 6. The van der Waals surface area contributed by atoms with E-state index in [1.807, 2.05) is 6.07 Å². The maximum absolute atomic E-state index is 13.3. The van der Waals surface area contributed by atoms with Crippen LogP contribution in [0.2, 0.25) is 0 Å². The second-order valence-corrected chi connectivity index (χ2v) is 7.94. The van der Waals surface area contributed by atoms with Crippen LogP contribution in [0, 0.1) is 23.2 Å². The van der Waals surface area contributed by atoms with Gasteiger partial charge in [0.25, 0.3) is 0 Å². The van der Waals surface area contributed by atoms with Crippen LogP contribution < -0.4 is 4.90 Å². The maximum atomic E-state index is 13.3. The largest absolute Gasteiger partial charge is 0.390 e. The van der Waals surface area contributed by atoms with E-state index in [1.165, 1.54) is 11.1 Å². The van der Waals surface area contributed by atoms with E-state index >= 15 is 0 Å². The van der Waals surface area contributed by atoms with Crippen molar-refractivity contribution in [2.45, 2.75) is 37.6 Å². The number of nitriles is 1. The molecule has 0 radical (unpaired) electrons. The van der Waals surface area contributed by atoms with Gasteiger partial charge in [0, 0.05) is 17.2 Å². The van der Waals surface area contributed by atoms with E-state index in [1.54, 1.807) is 38.1 Å². The fourth-order valence-corrected chi connectivity index (χ4v) is 5.20. The Morgan fingerprint density at radius 2 is 1.89 bits per heavy atom. The molecule has 2 aromatic rings. The van der Waals surface area contributed by atoms with Crippen LogP contribution in [0.1, 0.15) is 26.0 Å². The number of benzene rings is 1. The molecule has 7 nitrogen and oxygen atoms in total. The van der Waals surface area contributed by atoms with E-state index in [9.17, 15) is 20.0 Å². The first-order valence-electron chi connectivity index (χ1n) is 8.86. The van der Waals surface area contributed by atoms with Gasteiger partial charge in [-0.1, -0.05) is 24.3 Å². The normalized spacial score (nSPS) is 37.1. The predicted octanol–water partition coefficient (Wildman–Crippen LogP) is 1.52. The molecule has 3 fully saturated rings. The number of ether oxygens (including phenoxy) is 1. The van der Waals surface area contributed by atoms with E-state index in [-0.39, 0.29) is 17.5 Å². The molecule has 1 aromatic heterocycles. The van der Waals surface area contributed by atoms with Gasteiger partial charge in [-0.2, -0.15) is 5.26 Å². The van der Waals surface area contributed by atoms with Gasteiger partial charge in [0.2, 0.25) is 11.8 Å². The quantitative estimate of drug-likeness (QED) is 0.771. The molecule has 2 unspecified atom stereocenters. The first-order chi connectivity index (χ1) is 12.8. The molecule has 27 heavy (non-hydrogen) atoms. The third kappa shape index (κ3) is 1.79. The molecule has 5 atom stereocenters. The maximum Gasteiger partial charge on any atom is 0.240 e. The lowest BCUT2D eigenvalue weighted by Gasteiger charge is -2.31. The van der Waals surface area contributed by atoms with Crippen molar-refractivity contribution in [2.24, 2.45) is 11.8 Å². The van der Waals surface area contributed by atoms with E-state index in [0.29, 0.717) is 22.9 Å². The molecule has 7 heteroatoms. The SMILES string of the molecule is CC12C[C@@H](O)C(C)(O1)[C@H]1C(=O)N(c3cnc(C#N)c4ccccc34)C(=O)[C@H]12. The average molecular weight is 363 g/mol. The van der Waals surface area contributed by atoms with Gasteiger partial charge in [0.15, 0.2) is 0 Å². The molecule has 0 saturated carbocycles. The lowest BCUT2D eigenvalue weighted by Crippen LogP contribution is -2.49. The number of aromatic nitrogens is 1. The van der Waals surface area contributed by atoms with Crippen LogP contribution in [-0.2, 0) is 14.3 Å². The van der Waals surface area contributed by atoms with Crippen LogP contribution in [0.25, 0.3) is 10.8 Å². The second kappa shape index (κ2) is 4.91. The van der Waals surface area contributed by atoms with Crippen LogP contribution >= 0.6 is 0 Å². The fourth-order valence-electron chi connectivity index (χ4n) is 5.20. The highest BCUT2D eigenvalue weighted by molar-refractivity contribution is 6.26. The zero-order chi connectivity index (χ0) is 19.1. The van der Waals surface area contributed by atoms with Gasteiger partial charge < -0.3 is 9.84 Å². The highest BCUT2D eigenvalue weighted by Crippen LogP contribution is 2.61. The number of aliphatic hydroxyl groups is 1. The first-order valence-corrected chi connectivity index (χ1v) is 8.86. The fraction of sp³-hybridized carbons (Fsp3) is 0.400. The Labute approximate surface area is 155 Å². The molecular weight excluding hydrogens is 346 g/mol. The highest BCUT2D eigenvalue weighted by atomic mass is 16.6. The van der Waals surface area contributed by atoms with Gasteiger partial charge in [0.1, 0.15) is 17.4 Å². The Hall–Kier alpha value is -2.82. The summed E-state index contributed by atoms with van der Waals surface area (Å²) in [5.41, 5.74) is -1.33. The third-order valence-electron chi connectivity index (χ3n) is 6.42. The number of amides is 2. The summed E-state index contributed by atoms with van der Waals surface area (Å²) in [4.78, 5) is 31.9. The molecule has 0 spiro atoms. The van der Waals surface area contributed by atoms with E-state index < -0.39 is 29.1 Å². The number of carbonyl (C=O) groups excluding carboxylic acids is 2. The average Bonchev–Trinajstić information content (AvgIpc) is 3.15. The highest BCUT2D eigenvalue weighted by Gasteiger charge is 2.75. The predicted molar refractivity (Wildman–Crippen MR) is 94.4 cm³/mol.